The lowest BCUT2D eigenvalue weighted by Gasteiger charge is -2.18. The van der Waals surface area contributed by atoms with Crippen LogP contribution < -0.4 is 9.47 Å². The Hall–Kier alpha value is -3.23. The van der Waals surface area contributed by atoms with E-state index >= 15 is 0 Å². The maximum Gasteiger partial charge on any atom is 0.416 e. The number of rotatable bonds is 2. The van der Waals surface area contributed by atoms with E-state index in [1.165, 1.54) is 12.1 Å². The lowest BCUT2D eigenvalue weighted by atomic mass is 10.2. The Bertz CT molecular complexity index is 1010. The number of halogens is 3. The van der Waals surface area contributed by atoms with Gasteiger partial charge in [-0.3, -0.25) is 0 Å². The van der Waals surface area contributed by atoms with Crippen molar-refractivity contribution < 1.29 is 27.8 Å². The number of aromatic amines is 1. The van der Waals surface area contributed by atoms with E-state index in [1.54, 1.807) is 12.1 Å². The van der Waals surface area contributed by atoms with Crippen molar-refractivity contribution in [3.8, 4) is 17.4 Å². The molecule has 0 fully saturated rings. The molecule has 2 N–H and O–H groups in total. The van der Waals surface area contributed by atoms with E-state index in [0.29, 0.717) is 35.6 Å². The Morgan fingerprint density at radius 1 is 1.00 bits per heavy atom. The van der Waals surface area contributed by atoms with Crippen molar-refractivity contribution in [2.75, 3.05) is 13.2 Å². The van der Waals surface area contributed by atoms with Crippen LogP contribution >= 0.6 is 0 Å². The largest absolute Gasteiger partial charge is 0.493 e. The second-order valence-electron chi connectivity index (χ2n) is 5.61. The van der Waals surface area contributed by atoms with Gasteiger partial charge in [0.05, 0.1) is 16.8 Å². The molecule has 0 unspecified atom stereocenters. The average Bonchev–Trinajstić information content (AvgIpc) is 2.91. The highest BCUT2D eigenvalue weighted by Gasteiger charge is 2.30. The van der Waals surface area contributed by atoms with Crippen molar-refractivity contribution in [2.24, 2.45) is 10.2 Å². The zero-order valence-corrected chi connectivity index (χ0v) is 13.2. The zero-order chi connectivity index (χ0) is 18.3. The third-order valence-corrected chi connectivity index (χ3v) is 3.85. The smallest absolute Gasteiger partial charge is 0.416 e. The van der Waals surface area contributed by atoms with Crippen LogP contribution in [-0.2, 0) is 6.18 Å². The first-order valence-electron chi connectivity index (χ1n) is 7.65. The van der Waals surface area contributed by atoms with Crippen LogP contribution in [0.4, 0.5) is 24.5 Å². The van der Waals surface area contributed by atoms with Gasteiger partial charge in [0, 0.05) is 11.5 Å². The lowest BCUT2D eigenvalue weighted by molar-refractivity contribution is -0.137. The molecule has 0 radical (unpaired) electrons. The van der Waals surface area contributed by atoms with Gasteiger partial charge in [-0.2, -0.15) is 18.3 Å². The quantitative estimate of drug-likeness (QED) is 0.623. The average molecular weight is 363 g/mol. The molecule has 6 nitrogen and oxygen atoms in total. The number of aromatic hydroxyl groups is 1. The fourth-order valence-corrected chi connectivity index (χ4v) is 2.66. The monoisotopic (exact) mass is 363 g/mol. The number of hydrogen-bond acceptors (Lipinski definition) is 5. The normalized spacial score (nSPS) is 14.3. The standard InChI is InChI=1S/C17H12F3N3O3/c18-17(19,20)9-2-1-3-10(6-9)22-23-15-11-7-13-14(26-5-4-25-13)8-12(11)21-16(15)24/h1-3,6-8,21,24H,4-5H2. The summed E-state index contributed by atoms with van der Waals surface area (Å²) in [5.74, 6) is 0.780. The molecule has 26 heavy (non-hydrogen) atoms. The molecule has 0 aliphatic carbocycles. The van der Waals surface area contributed by atoms with Crippen LogP contribution in [0.5, 0.6) is 17.4 Å². The minimum Gasteiger partial charge on any atom is -0.493 e. The van der Waals surface area contributed by atoms with E-state index in [2.05, 4.69) is 15.2 Å². The molecule has 9 heteroatoms. The lowest BCUT2D eigenvalue weighted by Crippen LogP contribution is -2.15. The number of aromatic nitrogens is 1. The summed E-state index contributed by atoms with van der Waals surface area (Å²) < 4.78 is 49.3. The predicted octanol–water partition coefficient (Wildman–Crippen LogP) is 5.08. The maximum atomic E-state index is 12.8. The van der Waals surface area contributed by atoms with Gasteiger partial charge in [0.1, 0.15) is 13.2 Å². The fraction of sp³-hybridized carbons (Fsp3) is 0.176. The van der Waals surface area contributed by atoms with Crippen molar-refractivity contribution in [3.05, 3.63) is 42.0 Å². The number of alkyl halides is 3. The van der Waals surface area contributed by atoms with Crippen molar-refractivity contribution >= 4 is 22.3 Å². The molecule has 0 saturated carbocycles. The van der Waals surface area contributed by atoms with Gasteiger partial charge < -0.3 is 19.6 Å². The van der Waals surface area contributed by atoms with Crippen molar-refractivity contribution in [2.45, 2.75) is 6.18 Å². The van der Waals surface area contributed by atoms with Gasteiger partial charge in [0.2, 0.25) is 5.88 Å². The first kappa shape index (κ1) is 16.2. The molecule has 134 valence electrons. The third kappa shape index (κ3) is 2.92. The fourth-order valence-electron chi connectivity index (χ4n) is 2.66. The Balaban J connectivity index is 1.73. The van der Waals surface area contributed by atoms with Crippen LogP contribution in [0.3, 0.4) is 0 Å². The van der Waals surface area contributed by atoms with Gasteiger partial charge >= 0.3 is 6.18 Å². The number of hydrogen-bond donors (Lipinski definition) is 2. The number of ether oxygens (including phenoxy) is 2. The van der Waals surface area contributed by atoms with Gasteiger partial charge in [-0.15, -0.1) is 5.11 Å². The topological polar surface area (TPSA) is 79.2 Å². The van der Waals surface area contributed by atoms with Crippen LogP contribution in [0, 0.1) is 0 Å². The number of nitrogens with zero attached hydrogens (tertiary/aromatic N) is 2. The summed E-state index contributed by atoms with van der Waals surface area (Å²) in [6, 6.07) is 7.77. The molecular formula is C17H12F3N3O3. The number of benzene rings is 2. The first-order valence-corrected chi connectivity index (χ1v) is 7.65. The van der Waals surface area contributed by atoms with E-state index < -0.39 is 11.7 Å². The van der Waals surface area contributed by atoms with Crippen LogP contribution in [0.25, 0.3) is 10.9 Å². The minimum atomic E-state index is -4.47. The summed E-state index contributed by atoms with van der Waals surface area (Å²) >= 11 is 0. The Kier molecular flexibility index (Phi) is 3.71. The molecule has 0 amide bonds. The molecule has 0 saturated heterocycles. The van der Waals surface area contributed by atoms with Gasteiger partial charge in [-0.05, 0) is 24.3 Å². The SMILES string of the molecule is Oc1[nH]c2cc3c(cc2c1N=Nc1cccc(C(F)(F)F)c1)OCCO3. The molecule has 0 spiro atoms. The molecule has 0 atom stereocenters. The van der Waals surface area contributed by atoms with Crippen molar-refractivity contribution in [1.29, 1.82) is 0 Å². The van der Waals surface area contributed by atoms with Gasteiger partial charge in [-0.1, -0.05) is 6.07 Å². The van der Waals surface area contributed by atoms with E-state index in [9.17, 15) is 18.3 Å². The zero-order valence-electron chi connectivity index (χ0n) is 13.2. The molecule has 1 aromatic heterocycles. The van der Waals surface area contributed by atoms with Gasteiger partial charge in [-0.25, -0.2) is 0 Å². The van der Waals surface area contributed by atoms with Crippen LogP contribution in [0.1, 0.15) is 5.56 Å². The molecule has 2 heterocycles. The Labute approximate surface area is 144 Å². The van der Waals surface area contributed by atoms with E-state index in [-0.39, 0.29) is 17.3 Å². The van der Waals surface area contributed by atoms with Crippen LogP contribution in [-0.4, -0.2) is 23.3 Å². The molecule has 4 rings (SSSR count). The van der Waals surface area contributed by atoms with E-state index in [0.717, 1.165) is 12.1 Å². The minimum absolute atomic E-state index is 0.0196. The van der Waals surface area contributed by atoms with Gasteiger partial charge in [0.25, 0.3) is 0 Å². The summed E-state index contributed by atoms with van der Waals surface area (Å²) in [6.45, 7) is 0.823. The number of nitrogens with one attached hydrogen (secondary N) is 1. The van der Waals surface area contributed by atoms with Crippen molar-refractivity contribution in [1.82, 2.24) is 4.98 Å². The van der Waals surface area contributed by atoms with Crippen molar-refractivity contribution in [3.63, 3.8) is 0 Å². The highest BCUT2D eigenvalue weighted by Crippen LogP contribution is 2.42. The van der Waals surface area contributed by atoms with Crippen LogP contribution in [0.15, 0.2) is 46.6 Å². The number of azo groups is 1. The first-order chi connectivity index (χ1) is 12.4. The Morgan fingerprint density at radius 2 is 1.73 bits per heavy atom. The molecular weight excluding hydrogens is 351 g/mol. The highest BCUT2D eigenvalue weighted by atomic mass is 19.4. The molecule has 3 aromatic rings. The summed E-state index contributed by atoms with van der Waals surface area (Å²) in [7, 11) is 0. The second-order valence-corrected chi connectivity index (χ2v) is 5.61. The maximum absolute atomic E-state index is 12.8. The van der Waals surface area contributed by atoms with E-state index in [1.807, 2.05) is 0 Å². The molecule has 1 aliphatic rings. The van der Waals surface area contributed by atoms with Gasteiger partial charge in [0.15, 0.2) is 17.2 Å². The Morgan fingerprint density at radius 3 is 2.46 bits per heavy atom. The predicted molar refractivity (Wildman–Crippen MR) is 86.6 cm³/mol. The second kappa shape index (κ2) is 5.94. The number of fused-ring (bicyclic) bond motifs is 2. The highest BCUT2D eigenvalue weighted by molar-refractivity contribution is 5.96. The third-order valence-electron chi connectivity index (χ3n) is 3.85. The summed E-state index contributed by atoms with van der Waals surface area (Å²) in [4.78, 5) is 2.74. The molecule has 0 bridgehead atoms. The molecule has 1 aliphatic heterocycles. The summed E-state index contributed by atoms with van der Waals surface area (Å²) in [5, 5.41) is 18.3. The molecule has 2 aromatic carbocycles. The van der Waals surface area contributed by atoms with E-state index in [4.69, 9.17) is 9.47 Å². The summed E-state index contributed by atoms with van der Waals surface area (Å²) in [6.07, 6.45) is -4.47. The van der Waals surface area contributed by atoms with Crippen LogP contribution in [0.2, 0.25) is 0 Å². The number of H-pyrrole nitrogens is 1. The summed E-state index contributed by atoms with van der Waals surface area (Å²) in [5.41, 5.74) is -0.151.